The molecule has 4 N–H and O–H groups in total. The van der Waals surface area contributed by atoms with Gasteiger partial charge in [-0.05, 0) is 41.2 Å². The highest BCUT2D eigenvalue weighted by molar-refractivity contribution is 6.00. The lowest BCUT2D eigenvalue weighted by molar-refractivity contribution is -0.154. The Kier molecular flexibility index (Phi) is 5.27. The first kappa shape index (κ1) is 20.3. The summed E-state index contributed by atoms with van der Waals surface area (Å²) in [7, 11) is 0. The number of hydrogen-bond acceptors (Lipinski definition) is 8. The smallest absolute Gasteiger partial charge is 0.334 e. The van der Waals surface area contributed by atoms with Crippen LogP contribution in [0, 0.1) is 11.3 Å². The molecule has 0 saturated carbocycles. The Morgan fingerprint density at radius 2 is 2.07 bits per heavy atom. The van der Waals surface area contributed by atoms with E-state index in [0.29, 0.717) is 16.6 Å². The summed E-state index contributed by atoms with van der Waals surface area (Å²) in [6.07, 6.45) is 1.17. The maximum absolute atomic E-state index is 12.7. The molecule has 1 aliphatic rings. The van der Waals surface area contributed by atoms with E-state index in [1.807, 2.05) is 13.8 Å². The van der Waals surface area contributed by atoms with Gasteiger partial charge in [-0.1, -0.05) is 31.1 Å². The van der Waals surface area contributed by atoms with E-state index in [4.69, 9.17) is 9.84 Å². The Morgan fingerprint density at radius 3 is 2.66 bits per heavy atom. The number of nitrogens with zero attached hydrogens (tertiary/aromatic N) is 3. The van der Waals surface area contributed by atoms with E-state index in [1.54, 1.807) is 25.1 Å². The minimum Gasteiger partial charge on any atom is -0.481 e. The molecule has 0 aliphatic carbocycles. The van der Waals surface area contributed by atoms with Gasteiger partial charge in [-0.3, -0.25) is 4.79 Å². The fraction of sp³-hybridized carbons (Fsp3) is 0.421. The van der Waals surface area contributed by atoms with Crippen molar-refractivity contribution >= 4 is 29.2 Å². The zero-order valence-corrected chi connectivity index (χ0v) is 16.2. The monoisotopic (exact) mass is 402 g/mol. The van der Waals surface area contributed by atoms with E-state index in [1.165, 1.54) is 0 Å². The van der Waals surface area contributed by atoms with Gasteiger partial charge in [0.25, 0.3) is 0 Å². The number of aromatic nitrogens is 2. The molecule has 1 aromatic heterocycles. The molecule has 2 aromatic rings. The molecule has 3 unspecified atom stereocenters. The summed E-state index contributed by atoms with van der Waals surface area (Å²) in [6.45, 7) is 5.43. The number of benzene rings is 1. The summed E-state index contributed by atoms with van der Waals surface area (Å²) in [5, 5.41) is 43.0. The molecule has 0 spiro atoms. The summed E-state index contributed by atoms with van der Waals surface area (Å²) >= 11 is 0. The van der Waals surface area contributed by atoms with Crippen LogP contribution in [-0.2, 0) is 9.59 Å². The van der Waals surface area contributed by atoms with Gasteiger partial charge >= 0.3 is 11.9 Å². The SMILES string of the molecule is CC(C)CC1(C(=O)O)C(C)NC(/C=N\O)=C(C(=O)O)C1c1cccc2nonc12. The maximum Gasteiger partial charge on any atom is 0.334 e. The van der Waals surface area contributed by atoms with Crippen molar-refractivity contribution in [1.82, 2.24) is 15.6 Å². The van der Waals surface area contributed by atoms with Gasteiger partial charge in [0.1, 0.15) is 11.0 Å². The normalized spacial score (nSPS) is 25.0. The maximum atomic E-state index is 12.7. The number of rotatable bonds is 6. The molecule has 0 amide bonds. The Morgan fingerprint density at radius 1 is 1.34 bits per heavy atom. The number of nitrogens with one attached hydrogen (secondary N) is 1. The topological polar surface area (TPSA) is 158 Å². The lowest BCUT2D eigenvalue weighted by atomic mass is 9.59. The van der Waals surface area contributed by atoms with Crippen molar-refractivity contribution in [2.24, 2.45) is 16.5 Å². The van der Waals surface area contributed by atoms with Crippen LogP contribution >= 0.6 is 0 Å². The lowest BCUT2D eigenvalue weighted by Crippen LogP contribution is -2.57. The quantitative estimate of drug-likeness (QED) is 0.323. The number of carboxylic acids is 2. The van der Waals surface area contributed by atoms with Crippen LogP contribution < -0.4 is 5.32 Å². The second-order valence-corrected chi connectivity index (χ2v) is 7.60. The van der Waals surface area contributed by atoms with Crippen LogP contribution in [0.3, 0.4) is 0 Å². The van der Waals surface area contributed by atoms with Gasteiger partial charge < -0.3 is 20.7 Å². The highest BCUT2D eigenvalue weighted by Crippen LogP contribution is 2.52. The first-order valence-electron chi connectivity index (χ1n) is 9.10. The van der Waals surface area contributed by atoms with Gasteiger partial charge in [0.05, 0.1) is 22.9 Å². The number of carboxylic acid groups (broad SMARTS) is 2. The molecule has 3 rings (SSSR count). The summed E-state index contributed by atoms with van der Waals surface area (Å²) in [6, 6.07) is 4.24. The Bertz CT molecular complexity index is 1010. The lowest BCUT2D eigenvalue weighted by Gasteiger charge is -2.47. The standard InChI is InChI=1S/C19H22N4O6/c1-9(2)7-19(18(26)27)10(3)21-13(8-20-28)14(17(24)25)15(19)11-5-4-6-12-16(11)23-29-22-12/h4-6,8-10,15,21,28H,7H2,1-3H3,(H,24,25)(H,26,27)/b20-8-. The Balaban J connectivity index is 2.44. The van der Waals surface area contributed by atoms with Crippen molar-refractivity contribution in [1.29, 1.82) is 0 Å². The predicted octanol–water partition coefficient (Wildman–Crippen LogP) is 2.21. The molecule has 29 heavy (non-hydrogen) atoms. The van der Waals surface area contributed by atoms with Crippen LogP contribution in [0.5, 0.6) is 0 Å². The molecular formula is C19H22N4O6. The van der Waals surface area contributed by atoms with Gasteiger partial charge in [0.2, 0.25) is 0 Å². The van der Waals surface area contributed by atoms with Gasteiger partial charge in [-0.25, -0.2) is 9.42 Å². The van der Waals surface area contributed by atoms with Crippen molar-refractivity contribution in [2.45, 2.75) is 39.2 Å². The third-order valence-electron chi connectivity index (χ3n) is 5.43. The van der Waals surface area contributed by atoms with Crippen molar-refractivity contribution in [3.8, 4) is 0 Å². The van der Waals surface area contributed by atoms with E-state index in [-0.39, 0.29) is 23.6 Å². The summed E-state index contributed by atoms with van der Waals surface area (Å²) < 4.78 is 4.81. The zero-order chi connectivity index (χ0) is 21.3. The molecule has 0 saturated heterocycles. The number of allylic oxidation sites excluding steroid dienone is 1. The van der Waals surface area contributed by atoms with E-state index < -0.39 is 29.3 Å². The van der Waals surface area contributed by atoms with Gasteiger partial charge in [0, 0.05) is 12.0 Å². The van der Waals surface area contributed by atoms with Crippen molar-refractivity contribution < 1.29 is 29.6 Å². The molecule has 1 aromatic carbocycles. The zero-order valence-electron chi connectivity index (χ0n) is 16.2. The van der Waals surface area contributed by atoms with Crippen LogP contribution in [0.25, 0.3) is 11.0 Å². The van der Waals surface area contributed by atoms with E-state index >= 15 is 0 Å². The Hall–Kier alpha value is -3.43. The molecule has 3 atom stereocenters. The second-order valence-electron chi connectivity index (χ2n) is 7.60. The second kappa shape index (κ2) is 7.53. The van der Waals surface area contributed by atoms with Crippen LogP contribution in [0.1, 0.15) is 38.7 Å². The minimum atomic E-state index is -1.51. The van der Waals surface area contributed by atoms with E-state index in [9.17, 15) is 19.8 Å². The molecule has 1 aliphatic heterocycles. The van der Waals surface area contributed by atoms with Gasteiger partial charge in [-0.15, -0.1) is 0 Å². The molecule has 0 radical (unpaired) electrons. The molecule has 154 valence electrons. The molecule has 10 nitrogen and oxygen atoms in total. The largest absolute Gasteiger partial charge is 0.481 e. The molecule has 0 fully saturated rings. The molecule has 0 bridgehead atoms. The molecule has 2 heterocycles. The number of aliphatic carboxylic acids is 2. The number of fused-ring (bicyclic) bond motifs is 1. The van der Waals surface area contributed by atoms with E-state index in [2.05, 4.69) is 20.8 Å². The van der Waals surface area contributed by atoms with Crippen LogP contribution in [0.15, 0.2) is 39.3 Å². The third-order valence-corrected chi connectivity index (χ3v) is 5.43. The van der Waals surface area contributed by atoms with Crippen molar-refractivity contribution in [3.63, 3.8) is 0 Å². The number of hydrogen-bond donors (Lipinski definition) is 4. The predicted molar refractivity (Wildman–Crippen MR) is 102 cm³/mol. The van der Waals surface area contributed by atoms with Crippen LogP contribution in [0.4, 0.5) is 0 Å². The van der Waals surface area contributed by atoms with Crippen LogP contribution in [0.2, 0.25) is 0 Å². The fourth-order valence-corrected chi connectivity index (χ4v) is 4.37. The number of carbonyl (C=O) groups is 2. The van der Waals surface area contributed by atoms with E-state index in [0.717, 1.165) is 6.21 Å². The average Bonchev–Trinajstić information content (AvgIpc) is 3.11. The first-order valence-corrected chi connectivity index (χ1v) is 9.10. The summed E-state index contributed by atoms with van der Waals surface area (Å²) in [5.41, 5.74) is -0.644. The summed E-state index contributed by atoms with van der Waals surface area (Å²) in [4.78, 5) is 25.0. The summed E-state index contributed by atoms with van der Waals surface area (Å²) in [5.74, 6) is -3.61. The minimum absolute atomic E-state index is 0.0339. The fourth-order valence-electron chi connectivity index (χ4n) is 4.37. The number of oxime groups is 1. The molecular weight excluding hydrogens is 380 g/mol. The third kappa shape index (κ3) is 3.20. The molecule has 10 heteroatoms. The first-order chi connectivity index (χ1) is 13.7. The van der Waals surface area contributed by atoms with Gasteiger partial charge in [-0.2, -0.15) is 0 Å². The highest BCUT2D eigenvalue weighted by Gasteiger charge is 2.57. The highest BCUT2D eigenvalue weighted by atomic mass is 16.6. The van der Waals surface area contributed by atoms with Crippen molar-refractivity contribution in [3.05, 3.63) is 35.0 Å². The van der Waals surface area contributed by atoms with Crippen molar-refractivity contribution in [2.75, 3.05) is 0 Å². The van der Waals surface area contributed by atoms with Gasteiger partial charge in [0.15, 0.2) is 0 Å². The average molecular weight is 402 g/mol. The van der Waals surface area contributed by atoms with Crippen LogP contribution in [-0.4, -0.2) is 49.9 Å². The Labute approximate surface area is 165 Å².